The van der Waals surface area contributed by atoms with Crippen LogP contribution < -0.4 is 5.32 Å². The van der Waals surface area contributed by atoms with Crippen molar-refractivity contribution >= 4 is 12.3 Å². The van der Waals surface area contributed by atoms with Crippen molar-refractivity contribution < 1.29 is 14.0 Å². The predicted octanol–water partition coefficient (Wildman–Crippen LogP) is 5.15. The number of nitrogens with one attached hydrogen (secondary N) is 1. The molecule has 2 aromatic carbocycles. The Labute approximate surface area is 220 Å². The van der Waals surface area contributed by atoms with Gasteiger partial charge in [-0.1, -0.05) is 56.8 Å². The topological polar surface area (TPSA) is 52.7 Å². The van der Waals surface area contributed by atoms with Crippen LogP contribution in [0, 0.1) is 24.6 Å². The molecule has 2 saturated heterocycles. The molecule has 3 unspecified atom stereocenters. The fraction of sp³-hybridized carbons (Fsp3) is 0.484. The van der Waals surface area contributed by atoms with Gasteiger partial charge in [-0.15, -0.1) is 0 Å². The highest BCUT2D eigenvalue weighted by Gasteiger charge is 2.28. The minimum atomic E-state index is -0.225. The smallest absolute Gasteiger partial charge is 0.224 e. The number of carbonyl (C=O) groups excluding carboxylic acids is 2. The van der Waals surface area contributed by atoms with E-state index in [1.165, 1.54) is 6.42 Å². The van der Waals surface area contributed by atoms with Crippen LogP contribution in [0.25, 0.3) is 0 Å². The molecule has 0 radical (unpaired) electrons. The van der Waals surface area contributed by atoms with Gasteiger partial charge in [0.15, 0.2) is 0 Å². The molecule has 0 bridgehead atoms. The second-order valence-electron chi connectivity index (χ2n) is 11.1. The van der Waals surface area contributed by atoms with Crippen molar-refractivity contribution in [2.45, 2.75) is 72.0 Å². The summed E-state index contributed by atoms with van der Waals surface area (Å²) < 4.78 is 15.6. The maximum absolute atomic E-state index is 15.6. The Morgan fingerprint density at radius 3 is 2.43 bits per heavy atom. The lowest BCUT2D eigenvalue weighted by Crippen LogP contribution is -2.45. The molecule has 0 aliphatic carbocycles. The van der Waals surface area contributed by atoms with Crippen LogP contribution in [-0.4, -0.2) is 41.2 Å². The predicted molar refractivity (Wildman–Crippen MR) is 145 cm³/mol. The van der Waals surface area contributed by atoms with Crippen LogP contribution in [0.15, 0.2) is 48.7 Å². The molecule has 5 nitrogen and oxygen atoms in total. The van der Waals surface area contributed by atoms with Gasteiger partial charge in [0.25, 0.3) is 0 Å². The van der Waals surface area contributed by atoms with Crippen LogP contribution in [0.5, 0.6) is 0 Å². The van der Waals surface area contributed by atoms with Gasteiger partial charge in [-0.05, 0) is 66.7 Å². The zero-order valence-corrected chi connectivity index (χ0v) is 22.4. The number of rotatable bonds is 9. The standard InChI is InChI=1S/C31H40FN3O2/c1-21-15-22(2)17-34(16-21)18-27-10-6-9-26(31(27)32)12-11-25-8-5-7-23(3)28(25)19-35(20-36)29-13-14-30(37)33-24(29)4/h5-10,20-22,29H,4,11-19H2,1-3H3,(H,33,37). The number of aryl methyl sites for hydroxylation is 3. The summed E-state index contributed by atoms with van der Waals surface area (Å²) in [5.74, 6) is 1.13. The molecule has 3 atom stereocenters. The molecule has 0 spiro atoms. The van der Waals surface area contributed by atoms with E-state index in [0.717, 1.165) is 47.3 Å². The second-order valence-corrected chi connectivity index (χ2v) is 11.1. The van der Waals surface area contributed by atoms with Gasteiger partial charge in [0.05, 0.1) is 6.04 Å². The third-order valence-corrected chi connectivity index (χ3v) is 7.89. The number of hydrogen-bond donors (Lipinski definition) is 1. The lowest BCUT2D eigenvalue weighted by Gasteiger charge is -2.35. The first kappa shape index (κ1) is 27.1. The Bertz CT molecular complexity index is 1140. The maximum atomic E-state index is 15.6. The van der Waals surface area contributed by atoms with Gasteiger partial charge in [-0.3, -0.25) is 14.5 Å². The van der Waals surface area contributed by atoms with E-state index >= 15 is 4.39 Å². The van der Waals surface area contributed by atoms with Gasteiger partial charge in [-0.25, -0.2) is 4.39 Å². The van der Waals surface area contributed by atoms with Gasteiger partial charge in [-0.2, -0.15) is 0 Å². The third kappa shape index (κ3) is 6.67. The first-order chi connectivity index (χ1) is 17.7. The molecule has 2 aromatic rings. The van der Waals surface area contributed by atoms with E-state index in [0.29, 0.717) is 56.3 Å². The molecule has 6 heteroatoms. The van der Waals surface area contributed by atoms with Crippen LogP contribution in [-0.2, 0) is 35.5 Å². The monoisotopic (exact) mass is 505 g/mol. The minimum absolute atomic E-state index is 0.0581. The Morgan fingerprint density at radius 1 is 1.08 bits per heavy atom. The second kappa shape index (κ2) is 12.0. The summed E-state index contributed by atoms with van der Waals surface area (Å²) in [4.78, 5) is 27.8. The third-order valence-electron chi connectivity index (χ3n) is 7.89. The van der Waals surface area contributed by atoms with Gasteiger partial charge >= 0.3 is 0 Å². The summed E-state index contributed by atoms with van der Waals surface area (Å²) in [7, 11) is 0. The van der Waals surface area contributed by atoms with E-state index < -0.39 is 0 Å². The van der Waals surface area contributed by atoms with Crippen LogP contribution in [0.1, 0.15) is 60.9 Å². The van der Waals surface area contributed by atoms with Crippen LogP contribution >= 0.6 is 0 Å². The minimum Gasteiger partial charge on any atom is -0.332 e. The zero-order valence-electron chi connectivity index (χ0n) is 22.4. The number of halogens is 1. The molecule has 2 heterocycles. The van der Waals surface area contributed by atoms with Crippen LogP contribution in [0.2, 0.25) is 0 Å². The van der Waals surface area contributed by atoms with Crippen molar-refractivity contribution in [3.05, 3.63) is 82.3 Å². The van der Waals surface area contributed by atoms with E-state index in [4.69, 9.17) is 0 Å². The lowest BCUT2D eigenvalue weighted by molar-refractivity contribution is -0.125. The largest absolute Gasteiger partial charge is 0.332 e. The van der Waals surface area contributed by atoms with E-state index in [9.17, 15) is 9.59 Å². The molecule has 1 N–H and O–H groups in total. The van der Waals surface area contributed by atoms with E-state index in [1.54, 1.807) is 4.90 Å². The first-order valence-corrected chi connectivity index (χ1v) is 13.5. The molecule has 2 aliphatic heterocycles. The highest BCUT2D eigenvalue weighted by Crippen LogP contribution is 2.26. The molecule has 0 saturated carbocycles. The highest BCUT2D eigenvalue weighted by atomic mass is 19.1. The fourth-order valence-corrected chi connectivity index (χ4v) is 6.14. The molecule has 2 fully saturated rings. The number of amides is 2. The molecule has 2 aliphatic rings. The van der Waals surface area contributed by atoms with Crippen molar-refractivity contribution in [3.8, 4) is 0 Å². The van der Waals surface area contributed by atoms with Gasteiger partial charge in [0, 0.05) is 43.9 Å². The Kier molecular flexibility index (Phi) is 8.80. The first-order valence-electron chi connectivity index (χ1n) is 13.5. The fourth-order valence-electron chi connectivity index (χ4n) is 6.14. The summed E-state index contributed by atoms with van der Waals surface area (Å²) in [5, 5.41) is 2.77. The summed E-state index contributed by atoms with van der Waals surface area (Å²) >= 11 is 0. The summed E-state index contributed by atoms with van der Waals surface area (Å²) in [5.41, 5.74) is 5.35. The zero-order chi connectivity index (χ0) is 26.5. The van der Waals surface area contributed by atoms with Crippen LogP contribution in [0.4, 0.5) is 4.39 Å². The quantitative estimate of drug-likeness (QED) is 0.480. The molecule has 4 rings (SSSR count). The van der Waals surface area contributed by atoms with Gasteiger partial charge in [0.1, 0.15) is 5.82 Å². The summed E-state index contributed by atoms with van der Waals surface area (Å²) in [6.45, 7) is 13.7. The van der Waals surface area contributed by atoms with Crippen molar-refractivity contribution in [1.82, 2.24) is 15.1 Å². The number of nitrogens with zero attached hydrogens (tertiary/aromatic N) is 2. The summed E-state index contributed by atoms with van der Waals surface area (Å²) in [6.07, 6.45) is 4.30. The number of likely N-dealkylation sites (tertiary alicyclic amines) is 1. The van der Waals surface area contributed by atoms with Crippen LogP contribution in [0.3, 0.4) is 0 Å². The summed E-state index contributed by atoms with van der Waals surface area (Å²) in [6, 6.07) is 11.7. The maximum Gasteiger partial charge on any atom is 0.224 e. The molecule has 0 aromatic heterocycles. The molecular weight excluding hydrogens is 465 g/mol. The van der Waals surface area contributed by atoms with Gasteiger partial charge < -0.3 is 10.2 Å². The molecule has 198 valence electrons. The van der Waals surface area contributed by atoms with Crippen molar-refractivity contribution in [2.24, 2.45) is 11.8 Å². The van der Waals surface area contributed by atoms with Gasteiger partial charge in [0.2, 0.25) is 12.3 Å². The van der Waals surface area contributed by atoms with Crippen molar-refractivity contribution in [3.63, 3.8) is 0 Å². The lowest BCUT2D eigenvalue weighted by atomic mass is 9.91. The normalized spacial score (nSPS) is 22.5. The van der Waals surface area contributed by atoms with Crippen molar-refractivity contribution in [1.29, 1.82) is 0 Å². The molecular formula is C31H40FN3O2. The Hall–Kier alpha value is -2.99. The van der Waals surface area contributed by atoms with E-state index in [2.05, 4.69) is 36.7 Å². The van der Waals surface area contributed by atoms with E-state index in [1.807, 2.05) is 37.3 Å². The Balaban J connectivity index is 1.47. The number of hydrogen-bond acceptors (Lipinski definition) is 3. The number of carbonyl (C=O) groups is 2. The van der Waals surface area contributed by atoms with E-state index in [-0.39, 0.29) is 17.8 Å². The highest BCUT2D eigenvalue weighted by molar-refractivity contribution is 5.79. The van der Waals surface area contributed by atoms with Crippen molar-refractivity contribution in [2.75, 3.05) is 13.1 Å². The Morgan fingerprint density at radius 2 is 1.73 bits per heavy atom. The SMILES string of the molecule is C=C1NC(=O)CCC1N(C=O)Cc1c(C)cccc1CCc1cccc(CN2CC(C)CC(C)C2)c1F. The number of piperidine rings is 2. The average molecular weight is 506 g/mol. The molecule has 37 heavy (non-hydrogen) atoms. The number of benzene rings is 2. The average Bonchev–Trinajstić information content (AvgIpc) is 2.84. The molecule has 2 amide bonds.